The highest BCUT2D eigenvalue weighted by atomic mass is 32.2. The molecule has 0 fully saturated rings. The van der Waals surface area contributed by atoms with Crippen LogP contribution in [0.1, 0.15) is 48.3 Å². The molecule has 0 spiro atoms. The standard InChI is InChI=1S/C21H24N2O4S/c1-14(2)12-16-8-10-17(11-9-16)15(3)22-20(24)13-23-21(25)18-6-4-5-7-19(18)28(23,26)27/h4-11,14-15H,12-13H2,1-3H3,(H,22,24). The smallest absolute Gasteiger partial charge is 0.269 e. The SMILES string of the molecule is CC(C)Cc1ccc(C(C)NC(=O)CN2C(=O)c3ccccc3S2(=O)=O)cc1. The van der Waals surface area contributed by atoms with Crippen LogP contribution in [0.2, 0.25) is 0 Å². The van der Waals surface area contributed by atoms with Gasteiger partial charge in [0, 0.05) is 0 Å². The number of carbonyl (C=O) groups excluding carboxylic acids is 2. The number of nitrogens with one attached hydrogen (secondary N) is 1. The van der Waals surface area contributed by atoms with Gasteiger partial charge < -0.3 is 5.32 Å². The van der Waals surface area contributed by atoms with Gasteiger partial charge in [-0.2, -0.15) is 0 Å². The second-order valence-corrected chi connectivity index (χ2v) is 9.27. The van der Waals surface area contributed by atoms with Crippen molar-refractivity contribution >= 4 is 21.8 Å². The van der Waals surface area contributed by atoms with Crippen LogP contribution in [0.5, 0.6) is 0 Å². The fourth-order valence-electron chi connectivity index (χ4n) is 3.30. The van der Waals surface area contributed by atoms with Gasteiger partial charge in [-0.3, -0.25) is 9.59 Å². The van der Waals surface area contributed by atoms with Crippen LogP contribution in [-0.2, 0) is 21.2 Å². The summed E-state index contributed by atoms with van der Waals surface area (Å²) in [6.07, 6.45) is 0.983. The topological polar surface area (TPSA) is 83.6 Å². The van der Waals surface area contributed by atoms with Gasteiger partial charge in [0.15, 0.2) is 0 Å². The highest BCUT2D eigenvalue weighted by molar-refractivity contribution is 7.90. The van der Waals surface area contributed by atoms with Gasteiger partial charge in [-0.1, -0.05) is 50.2 Å². The number of sulfonamides is 1. The number of rotatable bonds is 6. The predicted octanol–water partition coefficient (Wildman–Crippen LogP) is 2.91. The number of hydrogen-bond donors (Lipinski definition) is 1. The quantitative estimate of drug-likeness (QED) is 0.808. The molecule has 0 radical (unpaired) electrons. The maximum atomic E-state index is 12.5. The zero-order valence-electron chi connectivity index (χ0n) is 16.2. The molecule has 1 aliphatic rings. The van der Waals surface area contributed by atoms with E-state index in [2.05, 4.69) is 19.2 Å². The molecule has 1 heterocycles. The minimum atomic E-state index is -3.99. The van der Waals surface area contributed by atoms with Crippen molar-refractivity contribution in [1.82, 2.24) is 9.62 Å². The van der Waals surface area contributed by atoms with Crippen LogP contribution in [0.3, 0.4) is 0 Å². The summed E-state index contributed by atoms with van der Waals surface area (Å²) in [4.78, 5) is 24.8. The number of fused-ring (bicyclic) bond motifs is 1. The molecule has 2 aromatic carbocycles. The van der Waals surface area contributed by atoms with Crippen LogP contribution in [0.25, 0.3) is 0 Å². The molecule has 0 aliphatic carbocycles. The van der Waals surface area contributed by atoms with E-state index in [9.17, 15) is 18.0 Å². The Kier molecular flexibility index (Phi) is 5.56. The second-order valence-electron chi connectivity index (χ2n) is 7.44. The molecule has 148 valence electrons. The first-order valence-electron chi connectivity index (χ1n) is 9.24. The van der Waals surface area contributed by atoms with E-state index in [0.717, 1.165) is 12.0 Å². The van der Waals surface area contributed by atoms with Crippen molar-refractivity contribution in [1.29, 1.82) is 0 Å². The lowest BCUT2D eigenvalue weighted by molar-refractivity contribution is -0.121. The summed E-state index contributed by atoms with van der Waals surface area (Å²) < 4.78 is 25.7. The number of amides is 2. The van der Waals surface area contributed by atoms with Gasteiger partial charge in [0.2, 0.25) is 5.91 Å². The Bertz CT molecular complexity index is 997. The summed E-state index contributed by atoms with van der Waals surface area (Å²) in [5, 5.41) is 2.77. The molecule has 6 nitrogen and oxygen atoms in total. The molecule has 2 aromatic rings. The van der Waals surface area contributed by atoms with Gasteiger partial charge in [-0.15, -0.1) is 0 Å². The fraction of sp³-hybridized carbons (Fsp3) is 0.333. The van der Waals surface area contributed by atoms with Crippen LogP contribution in [-0.4, -0.2) is 31.1 Å². The van der Waals surface area contributed by atoms with E-state index in [1.807, 2.05) is 31.2 Å². The summed E-state index contributed by atoms with van der Waals surface area (Å²) in [6.45, 7) is 5.60. The number of hydrogen-bond acceptors (Lipinski definition) is 4. The largest absolute Gasteiger partial charge is 0.348 e. The first-order chi connectivity index (χ1) is 13.2. The Balaban J connectivity index is 1.67. The Morgan fingerprint density at radius 3 is 2.29 bits per heavy atom. The number of carbonyl (C=O) groups is 2. The van der Waals surface area contributed by atoms with Gasteiger partial charge in [0.05, 0.1) is 11.6 Å². The van der Waals surface area contributed by atoms with Crippen molar-refractivity contribution in [3.05, 3.63) is 65.2 Å². The predicted molar refractivity (Wildman–Crippen MR) is 106 cm³/mol. The molecular weight excluding hydrogens is 376 g/mol. The lowest BCUT2D eigenvalue weighted by atomic mass is 10.00. The zero-order chi connectivity index (χ0) is 20.5. The van der Waals surface area contributed by atoms with Crippen molar-refractivity contribution in [2.45, 2.75) is 38.1 Å². The lowest BCUT2D eigenvalue weighted by Crippen LogP contribution is -2.41. The highest BCUT2D eigenvalue weighted by Gasteiger charge is 2.41. The molecule has 1 atom stereocenters. The number of benzene rings is 2. The molecule has 2 amide bonds. The van der Waals surface area contributed by atoms with Gasteiger partial charge in [0.25, 0.3) is 15.9 Å². The normalized spacial score (nSPS) is 16.1. The monoisotopic (exact) mass is 400 g/mol. The molecule has 0 saturated carbocycles. The Morgan fingerprint density at radius 2 is 1.68 bits per heavy atom. The van der Waals surface area contributed by atoms with E-state index in [-0.39, 0.29) is 16.5 Å². The van der Waals surface area contributed by atoms with Crippen LogP contribution >= 0.6 is 0 Å². The highest BCUT2D eigenvalue weighted by Crippen LogP contribution is 2.29. The minimum Gasteiger partial charge on any atom is -0.348 e. The third-order valence-electron chi connectivity index (χ3n) is 4.70. The minimum absolute atomic E-state index is 0.0541. The van der Waals surface area contributed by atoms with E-state index in [0.29, 0.717) is 10.2 Å². The number of nitrogens with zero attached hydrogens (tertiary/aromatic N) is 1. The molecule has 1 aliphatic heterocycles. The Morgan fingerprint density at radius 1 is 1.04 bits per heavy atom. The van der Waals surface area contributed by atoms with E-state index >= 15 is 0 Å². The average Bonchev–Trinajstić information content (AvgIpc) is 2.83. The second kappa shape index (κ2) is 7.75. The van der Waals surface area contributed by atoms with E-state index < -0.39 is 28.4 Å². The summed E-state index contributed by atoms with van der Waals surface area (Å²) in [6, 6.07) is 13.7. The van der Waals surface area contributed by atoms with Crippen molar-refractivity contribution in [2.75, 3.05) is 6.54 Å². The molecule has 3 rings (SSSR count). The summed E-state index contributed by atoms with van der Waals surface area (Å²) in [5.41, 5.74) is 2.24. The molecule has 1 N–H and O–H groups in total. The fourth-order valence-corrected chi connectivity index (χ4v) is 4.83. The molecule has 28 heavy (non-hydrogen) atoms. The lowest BCUT2D eigenvalue weighted by Gasteiger charge is -2.18. The van der Waals surface area contributed by atoms with E-state index in [4.69, 9.17) is 0 Å². The van der Waals surface area contributed by atoms with Gasteiger partial charge in [-0.25, -0.2) is 12.7 Å². The molecule has 0 saturated heterocycles. The van der Waals surface area contributed by atoms with Gasteiger partial charge in [0.1, 0.15) is 11.4 Å². The first-order valence-corrected chi connectivity index (χ1v) is 10.7. The van der Waals surface area contributed by atoms with Crippen LogP contribution in [0.4, 0.5) is 0 Å². The Labute approximate surface area is 165 Å². The summed E-state index contributed by atoms with van der Waals surface area (Å²) in [5.74, 6) is -0.632. The van der Waals surface area contributed by atoms with Gasteiger partial charge in [-0.05, 0) is 42.5 Å². The summed E-state index contributed by atoms with van der Waals surface area (Å²) >= 11 is 0. The Hall–Kier alpha value is -2.67. The van der Waals surface area contributed by atoms with Crippen LogP contribution < -0.4 is 5.32 Å². The molecule has 0 aromatic heterocycles. The first kappa shape index (κ1) is 20.1. The van der Waals surface area contributed by atoms with Crippen molar-refractivity contribution < 1.29 is 18.0 Å². The average molecular weight is 401 g/mol. The molecular formula is C21H24N2O4S. The zero-order valence-corrected chi connectivity index (χ0v) is 17.0. The van der Waals surface area contributed by atoms with Crippen molar-refractivity contribution in [3.63, 3.8) is 0 Å². The van der Waals surface area contributed by atoms with Gasteiger partial charge >= 0.3 is 0 Å². The van der Waals surface area contributed by atoms with Crippen molar-refractivity contribution in [2.24, 2.45) is 5.92 Å². The summed E-state index contributed by atoms with van der Waals surface area (Å²) in [7, 11) is -3.99. The van der Waals surface area contributed by atoms with Crippen LogP contribution in [0, 0.1) is 5.92 Å². The van der Waals surface area contributed by atoms with Crippen molar-refractivity contribution in [3.8, 4) is 0 Å². The maximum absolute atomic E-state index is 12.5. The third-order valence-corrected chi connectivity index (χ3v) is 6.49. The van der Waals surface area contributed by atoms with E-state index in [1.54, 1.807) is 12.1 Å². The molecule has 1 unspecified atom stereocenters. The molecule has 7 heteroatoms. The molecule has 0 bridgehead atoms. The van der Waals surface area contributed by atoms with Crippen LogP contribution in [0.15, 0.2) is 53.4 Å². The maximum Gasteiger partial charge on any atom is 0.269 e. The van der Waals surface area contributed by atoms with E-state index in [1.165, 1.54) is 17.7 Å². The third kappa shape index (κ3) is 3.94.